The van der Waals surface area contributed by atoms with Crippen molar-refractivity contribution in [1.82, 2.24) is 14.6 Å². The van der Waals surface area contributed by atoms with Gasteiger partial charge in [-0.1, -0.05) is 48.9 Å². The molecular weight excluding hydrogens is 292 g/mol. The Labute approximate surface area is 125 Å². The van der Waals surface area contributed by atoms with Crippen molar-refractivity contribution in [2.45, 2.75) is 19.8 Å². The number of rotatable bonds is 2. The third-order valence-corrected chi connectivity index (χ3v) is 4.15. The summed E-state index contributed by atoms with van der Waals surface area (Å²) in [4.78, 5) is 5.25. The second-order valence-corrected chi connectivity index (χ2v) is 6.12. The number of halogens is 1. The highest BCUT2D eigenvalue weighted by Gasteiger charge is 2.19. The van der Waals surface area contributed by atoms with Gasteiger partial charge in [-0.15, -0.1) is 0 Å². The topological polar surface area (TPSA) is 54.0 Å². The summed E-state index contributed by atoms with van der Waals surface area (Å²) in [6.45, 7) is 4.04. The van der Waals surface area contributed by atoms with Crippen LogP contribution in [0, 0.1) is 11.3 Å². The number of fused-ring (bicyclic) bond motifs is 1. The monoisotopic (exact) mass is 302 g/mol. The van der Waals surface area contributed by atoms with E-state index in [1.807, 2.05) is 38.1 Å². The van der Waals surface area contributed by atoms with Gasteiger partial charge >= 0.3 is 0 Å². The van der Waals surface area contributed by atoms with E-state index in [9.17, 15) is 5.26 Å². The van der Waals surface area contributed by atoms with Crippen molar-refractivity contribution in [2.75, 3.05) is 0 Å². The van der Waals surface area contributed by atoms with Crippen LogP contribution >= 0.6 is 22.9 Å². The number of hydrogen-bond donors (Lipinski definition) is 0. The maximum absolute atomic E-state index is 9.31. The minimum Gasteiger partial charge on any atom is -0.221 e. The highest BCUT2D eigenvalue weighted by molar-refractivity contribution is 7.19. The van der Waals surface area contributed by atoms with Crippen molar-refractivity contribution < 1.29 is 0 Å². The fraction of sp³-hybridized carbons (Fsp3) is 0.214. The molecule has 0 amide bonds. The van der Waals surface area contributed by atoms with Crippen LogP contribution in [0.3, 0.4) is 0 Å². The first-order valence-corrected chi connectivity index (χ1v) is 7.35. The summed E-state index contributed by atoms with van der Waals surface area (Å²) in [6.07, 6.45) is 0. The van der Waals surface area contributed by atoms with E-state index in [-0.39, 0.29) is 5.92 Å². The molecule has 0 spiro atoms. The molecule has 0 bridgehead atoms. The first-order chi connectivity index (χ1) is 9.60. The molecule has 0 fully saturated rings. The lowest BCUT2D eigenvalue weighted by atomic mass is 10.1. The summed E-state index contributed by atoms with van der Waals surface area (Å²) in [5.74, 6) is 0.202. The molecule has 0 unspecified atom stereocenters. The number of nitriles is 1. The van der Waals surface area contributed by atoms with E-state index in [1.165, 1.54) is 11.3 Å². The zero-order valence-corrected chi connectivity index (χ0v) is 12.5. The van der Waals surface area contributed by atoms with Gasteiger partial charge in [0.2, 0.25) is 4.96 Å². The molecule has 4 nitrogen and oxygen atoms in total. The lowest BCUT2D eigenvalue weighted by Crippen LogP contribution is -1.95. The average molecular weight is 303 g/mol. The Balaban J connectivity index is 2.18. The maximum atomic E-state index is 9.31. The lowest BCUT2D eigenvalue weighted by Gasteiger charge is -1.99. The highest BCUT2D eigenvalue weighted by atomic mass is 35.5. The molecule has 0 atom stereocenters. The van der Waals surface area contributed by atoms with Crippen LogP contribution in [0.25, 0.3) is 15.5 Å². The summed E-state index contributed by atoms with van der Waals surface area (Å²) in [7, 11) is 0. The molecule has 0 saturated carbocycles. The molecule has 2 heterocycles. The molecule has 0 aliphatic heterocycles. The Bertz CT molecular complexity index is 825. The molecule has 3 rings (SSSR count). The van der Waals surface area contributed by atoms with Crippen LogP contribution in [0.2, 0.25) is 5.02 Å². The minimum atomic E-state index is 0.202. The van der Waals surface area contributed by atoms with Gasteiger partial charge in [0.15, 0.2) is 5.69 Å². The summed E-state index contributed by atoms with van der Waals surface area (Å²) in [5.41, 5.74) is 2.24. The Kier molecular flexibility index (Phi) is 3.20. The minimum absolute atomic E-state index is 0.202. The van der Waals surface area contributed by atoms with Crippen LogP contribution in [0.1, 0.15) is 31.2 Å². The third-order valence-electron chi connectivity index (χ3n) is 2.95. The Morgan fingerprint density at radius 3 is 2.85 bits per heavy atom. The Hall–Kier alpha value is -1.90. The van der Waals surface area contributed by atoms with Crippen molar-refractivity contribution >= 4 is 27.9 Å². The molecule has 0 N–H and O–H groups in total. The fourth-order valence-corrected chi connectivity index (χ4v) is 3.10. The Morgan fingerprint density at radius 2 is 2.20 bits per heavy atom. The number of aromatic nitrogens is 3. The van der Waals surface area contributed by atoms with Gasteiger partial charge in [-0.2, -0.15) is 14.9 Å². The molecule has 0 aliphatic rings. The summed E-state index contributed by atoms with van der Waals surface area (Å²) < 4.78 is 1.62. The van der Waals surface area contributed by atoms with E-state index >= 15 is 0 Å². The predicted octanol–water partition coefficient (Wildman–Crippen LogP) is 4.11. The van der Waals surface area contributed by atoms with E-state index in [1.54, 1.807) is 4.52 Å². The predicted molar refractivity (Wildman–Crippen MR) is 80.1 cm³/mol. The van der Waals surface area contributed by atoms with Gasteiger partial charge in [0.1, 0.15) is 11.1 Å². The summed E-state index contributed by atoms with van der Waals surface area (Å²) in [5, 5.41) is 15.3. The van der Waals surface area contributed by atoms with Crippen LogP contribution in [0.4, 0.5) is 0 Å². The zero-order chi connectivity index (χ0) is 14.3. The average Bonchev–Trinajstić information content (AvgIpc) is 2.95. The van der Waals surface area contributed by atoms with Crippen LogP contribution in [-0.2, 0) is 0 Å². The zero-order valence-electron chi connectivity index (χ0n) is 11.0. The van der Waals surface area contributed by atoms with Gasteiger partial charge in [0, 0.05) is 10.6 Å². The van der Waals surface area contributed by atoms with Crippen LogP contribution in [0.15, 0.2) is 24.3 Å². The first kappa shape index (κ1) is 13.1. The number of benzene rings is 1. The van der Waals surface area contributed by atoms with Crippen molar-refractivity contribution in [3.8, 4) is 16.6 Å². The van der Waals surface area contributed by atoms with E-state index in [0.717, 1.165) is 21.2 Å². The molecular formula is C14H11ClN4S. The van der Waals surface area contributed by atoms with Gasteiger partial charge in [-0.05, 0) is 18.1 Å². The third kappa shape index (κ3) is 2.07. The van der Waals surface area contributed by atoms with Gasteiger partial charge < -0.3 is 0 Å². The van der Waals surface area contributed by atoms with Crippen LogP contribution < -0.4 is 0 Å². The second-order valence-electron chi connectivity index (χ2n) is 4.72. The SMILES string of the molecule is CC(C)c1nc2sc(-c3cccc(Cl)c3)nn2c1C#N. The summed E-state index contributed by atoms with van der Waals surface area (Å²) in [6, 6.07) is 9.70. The van der Waals surface area contributed by atoms with Crippen molar-refractivity contribution in [3.63, 3.8) is 0 Å². The smallest absolute Gasteiger partial charge is 0.213 e. The van der Waals surface area contributed by atoms with Crippen molar-refractivity contribution in [3.05, 3.63) is 40.7 Å². The fourth-order valence-electron chi connectivity index (χ4n) is 2.01. The molecule has 100 valence electrons. The van der Waals surface area contributed by atoms with Crippen LogP contribution in [-0.4, -0.2) is 14.6 Å². The second kappa shape index (κ2) is 4.89. The van der Waals surface area contributed by atoms with Gasteiger partial charge in [-0.25, -0.2) is 4.98 Å². The first-order valence-electron chi connectivity index (χ1n) is 6.15. The molecule has 20 heavy (non-hydrogen) atoms. The Morgan fingerprint density at radius 1 is 1.40 bits per heavy atom. The largest absolute Gasteiger partial charge is 0.221 e. The maximum Gasteiger partial charge on any atom is 0.213 e. The normalized spacial score (nSPS) is 11.2. The lowest BCUT2D eigenvalue weighted by molar-refractivity contribution is 0.822. The number of nitrogens with zero attached hydrogens (tertiary/aromatic N) is 4. The van der Waals surface area contributed by atoms with Gasteiger partial charge in [0.25, 0.3) is 0 Å². The summed E-state index contributed by atoms with van der Waals surface area (Å²) >= 11 is 7.45. The number of imidazole rings is 1. The van der Waals surface area contributed by atoms with Crippen molar-refractivity contribution in [2.24, 2.45) is 0 Å². The molecule has 0 radical (unpaired) electrons. The highest BCUT2D eigenvalue weighted by Crippen LogP contribution is 2.30. The van der Waals surface area contributed by atoms with E-state index in [4.69, 9.17) is 11.6 Å². The van der Waals surface area contributed by atoms with E-state index < -0.39 is 0 Å². The van der Waals surface area contributed by atoms with E-state index in [0.29, 0.717) is 10.7 Å². The molecule has 0 saturated heterocycles. The quantitative estimate of drug-likeness (QED) is 0.716. The molecule has 6 heteroatoms. The van der Waals surface area contributed by atoms with E-state index in [2.05, 4.69) is 16.2 Å². The van der Waals surface area contributed by atoms with Gasteiger partial charge in [0.05, 0.1) is 5.69 Å². The molecule has 2 aromatic heterocycles. The van der Waals surface area contributed by atoms with Gasteiger partial charge in [-0.3, -0.25) is 0 Å². The number of hydrogen-bond acceptors (Lipinski definition) is 4. The molecule has 3 aromatic rings. The van der Waals surface area contributed by atoms with Crippen LogP contribution in [0.5, 0.6) is 0 Å². The molecule has 1 aromatic carbocycles. The standard InChI is InChI=1S/C14H11ClN4S/c1-8(2)12-11(7-16)19-14(17-12)20-13(18-19)9-4-3-5-10(15)6-9/h3-6,8H,1-2H3. The molecule has 0 aliphatic carbocycles. The van der Waals surface area contributed by atoms with Crippen molar-refractivity contribution in [1.29, 1.82) is 5.26 Å².